The lowest BCUT2D eigenvalue weighted by atomic mass is 10.2. The predicted molar refractivity (Wildman–Crippen MR) is 68.4 cm³/mol. The van der Waals surface area contributed by atoms with Gasteiger partial charge in [0, 0.05) is 11.3 Å². The molecule has 18 heavy (non-hydrogen) atoms. The van der Waals surface area contributed by atoms with E-state index < -0.39 is 21.8 Å². The van der Waals surface area contributed by atoms with E-state index in [1.54, 1.807) is 30.3 Å². The number of rotatable bonds is 6. The Morgan fingerprint density at radius 1 is 1.33 bits per heavy atom. The van der Waals surface area contributed by atoms with E-state index in [4.69, 9.17) is 10.8 Å². The molecule has 0 aliphatic heterocycles. The minimum atomic E-state index is -3.58. The Kier molecular flexibility index (Phi) is 4.63. The molecule has 5 nitrogen and oxygen atoms in total. The van der Waals surface area contributed by atoms with Crippen LogP contribution >= 0.6 is 0 Å². The largest absolute Gasteiger partial charge is 0.480 e. The molecule has 6 heteroatoms. The summed E-state index contributed by atoms with van der Waals surface area (Å²) in [6.45, 7) is 3.41. The molecule has 0 spiro atoms. The average molecular weight is 269 g/mol. The van der Waals surface area contributed by atoms with E-state index in [-0.39, 0.29) is 17.1 Å². The second kappa shape index (κ2) is 5.79. The van der Waals surface area contributed by atoms with Crippen molar-refractivity contribution in [3.8, 4) is 0 Å². The van der Waals surface area contributed by atoms with Crippen molar-refractivity contribution in [1.82, 2.24) is 0 Å². The van der Waals surface area contributed by atoms with E-state index in [1.807, 2.05) is 0 Å². The molecule has 1 rings (SSSR count). The highest BCUT2D eigenvalue weighted by Gasteiger charge is 2.22. The first kappa shape index (κ1) is 14.4. The van der Waals surface area contributed by atoms with Crippen molar-refractivity contribution < 1.29 is 18.3 Å². The Morgan fingerprint density at radius 2 is 1.89 bits per heavy atom. The Morgan fingerprint density at radius 3 is 2.39 bits per heavy atom. The fourth-order valence-corrected chi connectivity index (χ4v) is 2.62. The molecule has 0 aromatic heterocycles. The number of benzene rings is 1. The molecule has 0 fully saturated rings. The molecule has 1 aromatic rings. The normalized spacial score (nSPS) is 12.9. The van der Waals surface area contributed by atoms with Crippen LogP contribution in [-0.2, 0) is 20.4 Å². The number of sulfone groups is 1. The van der Waals surface area contributed by atoms with Crippen molar-refractivity contribution in [2.75, 3.05) is 0 Å². The molecule has 1 unspecified atom stereocenters. The zero-order chi connectivity index (χ0) is 13.8. The van der Waals surface area contributed by atoms with Gasteiger partial charge in [-0.2, -0.15) is 0 Å². The quantitative estimate of drug-likeness (QED) is 0.800. The number of aliphatic carboxylic acids is 1. The van der Waals surface area contributed by atoms with E-state index in [1.165, 1.54) is 0 Å². The molecule has 0 aliphatic carbocycles. The van der Waals surface area contributed by atoms with Crippen molar-refractivity contribution in [3.63, 3.8) is 0 Å². The van der Waals surface area contributed by atoms with Gasteiger partial charge >= 0.3 is 5.97 Å². The first-order valence-electron chi connectivity index (χ1n) is 5.26. The maximum absolute atomic E-state index is 11.9. The van der Waals surface area contributed by atoms with Crippen LogP contribution in [0.5, 0.6) is 0 Å². The summed E-state index contributed by atoms with van der Waals surface area (Å²) in [6.07, 6.45) is -0.273. The van der Waals surface area contributed by atoms with E-state index in [9.17, 15) is 13.2 Å². The first-order valence-corrected chi connectivity index (χ1v) is 6.91. The van der Waals surface area contributed by atoms with Crippen molar-refractivity contribution in [3.05, 3.63) is 47.4 Å². The number of carboxylic acid groups (broad SMARTS) is 1. The lowest BCUT2D eigenvalue weighted by Crippen LogP contribution is -2.31. The third kappa shape index (κ3) is 3.97. The molecule has 0 saturated heterocycles. The van der Waals surface area contributed by atoms with Gasteiger partial charge in [-0.05, 0) is 5.56 Å². The molecule has 0 aliphatic rings. The SMILES string of the molecule is C=C(CC(N)C(=O)O)S(=O)(=O)Cc1ccccc1. The molecule has 0 radical (unpaired) electrons. The monoisotopic (exact) mass is 269 g/mol. The topological polar surface area (TPSA) is 97.5 Å². The molecule has 0 saturated carbocycles. The van der Waals surface area contributed by atoms with Gasteiger partial charge in [-0.3, -0.25) is 4.79 Å². The van der Waals surface area contributed by atoms with Gasteiger partial charge in [-0.25, -0.2) is 8.42 Å². The fourth-order valence-electron chi connectivity index (χ4n) is 1.36. The summed E-state index contributed by atoms with van der Waals surface area (Å²) < 4.78 is 23.8. The van der Waals surface area contributed by atoms with Crippen molar-refractivity contribution >= 4 is 15.8 Å². The van der Waals surface area contributed by atoms with E-state index in [2.05, 4.69) is 6.58 Å². The van der Waals surface area contributed by atoms with Gasteiger partial charge in [-0.1, -0.05) is 36.9 Å². The Balaban J connectivity index is 2.76. The van der Waals surface area contributed by atoms with Crippen molar-refractivity contribution in [2.24, 2.45) is 5.73 Å². The van der Waals surface area contributed by atoms with Gasteiger partial charge in [0.2, 0.25) is 0 Å². The van der Waals surface area contributed by atoms with E-state index in [0.717, 1.165) is 0 Å². The summed E-state index contributed by atoms with van der Waals surface area (Å²) in [5, 5.41) is 8.63. The number of hydrogen-bond donors (Lipinski definition) is 2. The van der Waals surface area contributed by atoms with Gasteiger partial charge in [0.25, 0.3) is 0 Å². The van der Waals surface area contributed by atoms with Crippen LogP contribution < -0.4 is 5.73 Å². The maximum atomic E-state index is 11.9. The summed E-state index contributed by atoms with van der Waals surface area (Å²) in [4.78, 5) is 10.4. The highest BCUT2D eigenvalue weighted by molar-refractivity contribution is 7.94. The number of hydrogen-bond acceptors (Lipinski definition) is 4. The van der Waals surface area contributed by atoms with Crippen LogP contribution in [0.3, 0.4) is 0 Å². The summed E-state index contributed by atoms with van der Waals surface area (Å²) in [5.74, 6) is -1.44. The predicted octanol–water partition coefficient (Wildman–Crippen LogP) is 0.917. The smallest absolute Gasteiger partial charge is 0.320 e. The van der Waals surface area contributed by atoms with Gasteiger partial charge in [0.15, 0.2) is 9.84 Å². The molecule has 1 aromatic carbocycles. The van der Waals surface area contributed by atoms with E-state index >= 15 is 0 Å². The Hall–Kier alpha value is -1.66. The van der Waals surface area contributed by atoms with Crippen LogP contribution in [0.4, 0.5) is 0 Å². The Bertz CT molecular complexity index is 536. The van der Waals surface area contributed by atoms with Gasteiger partial charge in [-0.15, -0.1) is 0 Å². The zero-order valence-corrected chi connectivity index (χ0v) is 10.6. The molecule has 0 amide bonds. The van der Waals surface area contributed by atoms with Crippen LogP contribution in [0.25, 0.3) is 0 Å². The molecule has 1 atom stereocenters. The van der Waals surface area contributed by atoms with Crippen LogP contribution in [-0.4, -0.2) is 25.5 Å². The molecule has 0 bridgehead atoms. The molecule has 3 N–H and O–H groups in total. The molecular weight excluding hydrogens is 254 g/mol. The highest BCUT2D eigenvalue weighted by atomic mass is 32.2. The summed E-state index contributed by atoms with van der Waals surface area (Å²) in [7, 11) is -3.58. The standard InChI is InChI=1S/C12H15NO4S/c1-9(7-11(13)12(14)15)18(16,17)8-10-5-3-2-4-6-10/h2-6,11H,1,7-8,13H2,(H,14,15). The fraction of sp³-hybridized carbons (Fsp3) is 0.250. The van der Waals surface area contributed by atoms with Gasteiger partial charge in [0.05, 0.1) is 5.75 Å². The summed E-state index contributed by atoms with van der Waals surface area (Å²) in [6, 6.07) is 7.37. The molecule has 98 valence electrons. The minimum absolute atomic E-state index is 0.152. The lowest BCUT2D eigenvalue weighted by molar-refractivity contribution is -0.138. The van der Waals surface area contributed by atoms with E-state index in [0.29, 0.717) is 5.56 Å². The summed E-state index contributed by atoms with van der Waals surface area (Å²) >= 11 is 0. The third-order valence-electron chi connectivity index (χ3n) is 2.40. The number of carboxylic acids is 1. The average Bonchev–Trinajstić information content (AvgIpc) is 2.29. The molecular formula is C12H15NO4S. The van der Waals surface area contributed by atoms with Gasteiger partial charge in [0.1, 0.15) is 6.04 Å². The third-order valence-corrected chi connectivity index (χ3v) is 4.16. The second-order valence-corrected chi connectivity index (χ2v) is 6.03. The zero-order valence-electron chi connectivity index (χ0n) is 9.74. The lowest BCUT2D eigenvalue weighted by Gasteiger charge is -2.10. The number of nitrogens with two attached hydrogens (primary N) is 1. The van der Waals surface area contributed by atoms with Crippen LogP contribution in [0, 0.1) is 0 Å². The van der Waals surface area contributed by atoms with Crippen molar-refractivity contribution in [1.29, 1.82) is 0 Å². The van der Waals surface area contributed by atoms with Crippen LogP contribution in [0.15, 0.2) is 41.8 Å². The first-order chi connectivity index (χ1) is 8.33. The number of carbonyl (C=O) groups is 1. The summed E-state index contributed by atoms with van der Waals surface area (Å²) in [5.41, 5.74) is 5.91. The van der Waals surface area contributed by atoms with Crippen molar-refractivity contribution in [2.45, 2.75) is 18.2 Å². The second-order valence-electron chi connectivity index (χ2n) is 3.93. The minimum Gasteiger partial charge on any atom is -0.480 e. The Labute approximate surface area is 106 Å². The van der Waals surface area contributed by atoms with Crippen LogP contribution in [0.2, 0.25) is 0 Å². The maximum Gasteiger partial charge on any atom is 0.320 e. The highest BCUT2D eigenvalue weighted by Crippen LogP contribution is 2.16. The van der Waals surface area contributed by atoms with Crippen LogP contribution in [0.1, 0.15) is 12.0 Å². The molecule has 0 heterocycles. The van der Waals surface area contributed by atoms with Gasteiger partial charge < -0.3 is 10.8 Å².